The Morgan fingerprint density at radius 2 is 1.81 bits per heavy atom. The van der Waals surface area contributed by atoms with Crippen LogP contribution in [-0.4, -0.2) is 19.3 Å². The lowest BCUT2D eigenvalue weighted by molar-refractivity contribution is -0.133. The summed E-state index contributed by atoms with van der Waals surface area (Å²) in [5, 5.41) is 2.72. The number of hydrogen-bond donors (Lipinski definition) is 1. The van der Waals surface area contributed by atoms with Gasteiger partial charge in [-0.3, -0.25) is 0 Å². The van der Waals surface area contributed by atoms with Crippen molar-refractivity contribution in [2.45, 2.75) is 12.6 Å². The predicted octanol–water partition coefficient (Wildman–Crippen LogP) is 3.24. The summed E-state index contributed by atoms with van der Waals surface area (Å²) in [6.07, 6.45) is -4.91. The Labute approximate surface area is 93.0 Å². The lowest BCUT2D eigenvalue weighted by Gasteiger charge is -2.09. The van der Waals surface area contributed by atoms with Gasteiger partial charge in [0.05, 0.1) is 6.42 Å². The van der Waals surface area contributed by atoms with E-state index in [9.17, 15) is 13.2 Å². The molecule has 0 fully saturated rings. The fourth-order valence-corrected chi connectivity index (χ4v) is 1.25. The zero-order chi connectivity index (χ0) is 12.0. The highest BCUT2D eigenvalue weighted by atomic mass is 19.4. The van der Waals surface area contributed by atoms with E-state index in [1.165, 1.54) is 0 Å². The average molecular weight is 229 g/mol. The topological polar surface area (TPSA) is 12.0 Å². The Morgan fingerprint density at radius 3 is 2.38 bits per heavy atom. The van der Waals surface area contributed by atoms with Crippen LogP contribution in [0.25, 0.3) is 5.57 Å². The number of alkyl halides is 3. The van der Waals surface area contributed by atoms with E-state index >= 15 is 0 Å². The van der Waals surface area contributed by atoms with Gasteiger partial charge in [-0.25, -0.2) is 0 Å². The third kappa shape index (κ3) is 4.98. The Balaban J connectivity index is 2.27. The summed E-state index contributed by atoms with van der Waals surface area (Å²) < 4.78 is 35.5. The average Bonchev–Trinajstić information content (AvgIpc) is 2.24. The molecule has 0 atom stereocenters. The molecule has 16 heavy (non-hydrogen) atoms. The monoisotopic (exact) mass is 229 g/mol. The molecule has 0 aliphatic carbocycles. The highest BCUT2D eigenvalue weighted by Gasteiger charge is 2.25. The van der Waals surface area contributed by atoms with Crippen LogP contribution in [0.1, 0.15) is 12.0 Å². The van der Waals surface area contributed by atoms with E-state index in [0.29, 0.717) is 6.54 Å². The molecule has 88 valence electrons. The zero-order valence-corrected chi connectivity index (χ0v) is 8.85. The van der Waals surface area contributed by atoms with Gasteiger partial charge < -0.3 is 5.32 Å². The van der Waals surface area contributed by atoms with E-state index in [0.717, 1.165) is 11.1 Å². The molecule has 1 rings (SSSR count). The van der Waals surface area contributed by atoms with E-state index in [4.69, 9.17) is 0 Å². The first kappa shape index (κ1) is 12.8. The van der Waals surface area contributed by atoms with Gasteiger partial charge in [0, 0.05) is 13.1 Å². The first-order chi connectivity index (χ1) is 7.49. The van der Waals surface area contributed by atoms with Crippen LogP contribution >= 0.6 is 0 Å². The molecule has 0 aromatic heterocycles. The van der Waals surface area contributed by atoms with Crippen molar-refractivity contribution in [1.82, 2.24) is 5.32 Å². The van der Waals surface area contributed by atoms with Crippen molar-refractivity contribution in [3.05, 3.63) is 42.5 Å². The van der Waals surface area contributed by atoms with Gasteiger partial charge in [0.2, 0.25) is 0 Å². The minimum absolute atomic E-state index is 0.0741. The van der Waals surface area contributed by atoms with Crippen molar-refractivity contribution in [3.8, 4) is 0 Å². The first-order valence-electron chi connectivity index (χ1n) is 5.00. The molecule has 0 saturated heterocycles. The predicted molar refractivity (Wildman–Crippen MR) is 59.0 cm³/mol. The molecule has 0 aliphatic heterocycles. The van der Waals surface area contributed by atoms with Crippen molar-refractivity contribution in [3.63, 3.8) is 0 Å². The molecule has 4 heteroatoms. The number of rotatable bonds is 5. The van der Waals surface area contributed by atoms with Gasteiger partial charge in [0.1, 0.15) is 0 Å². The summed E-state index contributed by atoms with van der Waals surface area (Å²) in [5.41, 5.74) is 1.74. The normalized spacial score (nSPS) is 11.4. The maximum Gasteiger partial charge on any atom is 0.390 e. The Morgan fingerprint density at radius 1 is 1.19 bits per heavy atom. The first-order valence-corrected chi connectivity index (χ1v) is 5.00. The van der Waals surface area contributed by atoms with Gasteiger partial charge in [-0.1, -0.05) is 36.9 Å². The van der Waals surface area contributed by atoms with Crippen molar-refractivity contribution in [2.24, 2.45) is 0 Å². The van der Waals surface area contributed by atoms with Crippen molar-refractivity contribution < 1.29 is 13.2 Å². The second-order valence-electron chi connectivity index (χ2n) is 3.51. The summed E-state index contributed by atoms with van der Waals surface area (Å²) in [7, 11) is 0. The van der Waals surface area contributed by atoms with Crippen LogP contribution in [0.3, 0.4) is 0 Å². The molecular formula is C12H14F3N. The second kappa shape index (κ2) is 5.70. The molecule has 1 aromatic carbocycles. The largest absolute Gasteiger partial charge is 0.390 e. The Bertz CT molecular complexity index is 330. The van der Waals surface area contributed by atoms with Gasteiger partial charge in [-0.2, -0.15) is 13.2 Å². The fraction of sp³-hybridized carbons (Fsp3) is 0.333. The Hall–Kier alpha value is -1.29. The van der Waals surface area contributed by atoms with Crippen LogP contribution in [0.2, 0.25) is 0 Å². The summed E-state index contributed by atoms with van der Waals surface area (Å²) in [6, 6.07) is 9.39. The number of hydrogen-bond acceptors (Lipinski definition) is 1. The maximum atomic E-state index is 11.8. The SMILES string of the molecule is C=C(CNCCC(F)(F)F)c1ccccc1. The lowest BCUT2D eigenvalue weighted by atomic mass is 10.1. The number of benzene rings is 1. The van der Waals surface area contributed by atoms with Crippen LogP contribution < -0.4 is 5.32 Å². The van der Waals surface area contributed by atoms with Gasteiger partial charge in [-0.05, 0) is 11.1 Å². The third-order valence-corrected chi connectivity index (χ3v) is 2.11. The van der Waals surface area contributed by atoms with E-state index in [1.807, 2.05) is 30.3 Å². The van der Waals surface area contributed by atoms with Gasteiger partial charge in [-0.15, -0.1) is 0 Å². The molecular weight excluding hydrogens is 215 g/mol. The van der Waals surface area contributed by atoms with E-state index < -0.39 is 12.6 Å². The Kier molecular flexibility index (Phi) is 4.55. The summed E-state index contributed by atoms with van der Waals surface area (Å²) in [6.45, 7) is 4.12. The van der Waals surface area contributed by atoms with E-state index in [1.54, 1.807) is 0 Å². The number of halogens is 3. The lowest BCUT2D eigenvalue weighted by Crippen LogP contribution is -2.23. The molecule has 0 spiro atoms. The smallest absolute Gasteiger partial charge is 0.312 e. The summed E-state index contributed by atoms with van der Waals surface area (Å²) >= 11 is 0. The highest BCUT2D eigenvalue weighted by Crippen LogP contribution is 2.18. The van der Waals surface area contributed by atoms with Gasteiger partial charge in [0.15, 0.2) is 0 Å². The third-order valence-electron chi connectivity index (χ3n) is 2.11. The molecule has 0 unspecified atom stereocenters. The van der Waals surface area contributed by atoms with Crippen molar-refractivity contribution >= 4 is 5.57 Å². The molecule has 0 radical (unpaired) electrons. The quantitative estimate of drug-likeness (QED) is 0.764. The molecule has 0 bridgehead atoms. The molecule has 0 saturated carbocycles. The van der Waals surface area contributed by atoms with Crippen LogP contribution in [0, 0.1) is 0 Å². The van der Waals surface area contributed by atoms with Crippen LogP contribution in [-0.2, 0) is 0 Å². The van der Waals surface area contributed by atoms with Gasteiger partial charge in [0.25, 0.3) is 0 Å². The molecule has 1 nitrogen and oxygen atoms in total. The minimum Gasteiger partial charge on any atom is -0.312 e. The minimum atomic E-state index is -4.10. The van der Waals surface area contributed by atoms with E-state index in [2.05, 4.69) is 11.9 Å². The highest BCUT2D eigenvalue weighted by molar-refractivity contribution is 5.64. The van der Waals surface area contributed by atoms with Gasteiger partial charge >= 0.3 is 6.18 Å². The fourth-order valence-electron chi connectivity index (χ4n) is 1.25. The van der Waals surface area contributed by atoms with Crippen molar-refractivity contribution in [1.29, 1.82) is 0 Å². The van der Waals surface area contributed by atoms with Crippen LogP contribution in [0.5, 0.6) is 0 Å². The zero-order valence-electron chi connectivity index (χ0n) is 8.85. The maximum absolute atomic E-state index is 11.8. The van der Waals surface area contributed by atoms with Crippen LogP contribution in [0.4, 0.5) is 13.2 Å². The molecule has 1 N–H and O–H groups in total. The second-order valence-corrected chi connectivity index (χ2v) is 3.51. The molecule has 0 heterocycles. The molecule has 0 aliphatic rings. The number of nitrogens with one attached hydrogen (secondary N) is 1. The standard InChI is InChI=1S/C12H14F3N/c1-10(11-5-3-2-4-6-11)9-16-8-7-12(13,14)15/h2-6,16H,1,7-9H2. The summed E-state index contributed by atoms with van der Waals surface area (Å²) in [4.78, 5) is 0. The molecule has 0 amide bonds. The van der Waals surface area contributed by atoms with E-state index in [-0.39, 0.29) is 6.54 Å². The van der Waals surface area contributed by atoms with Crippen LogP contribution in [0.15, 0.2) is 36.9 Å². The molecule has 1 aromatic rings. The van der Waals surface area contributed by atoms with Crippen molar-refractivity contribution in [2.75, 3.05) is 13.1 Å². The summed E-state index contributed by atoms with van der Waals surface area (Å²) in [5.74, 6) is 0.